The minimum atomic E-state index is -0.383. The second-order valence-electron chi connectivity index (χ2n) is 4.08. The molecule has 1 heterocycles. The van der Waals surface area contributed by atoms with Gasteiger partial charge in [-0.2, -0.15) is 0 Å². The molecule has 6 heteroatoms. The Morgan fingerprint density at radius 1 is 1.39 bits per heavy atom. The van der Waals surface area contributed by atoms with Gasteiger partial charge >= 0.3 is 0 Å². The highest BCUT2D eigenvalue weighted by Gasteiger charge is 2.22. The minimum absolute atomic E-state index is 0.140. The summed E-state index contributed by atoms with van der Waals surface area (Å²) in [5.74, 6) is -0.523. The molecule has 1 fully saturated rings. The first kappa shape index (κ1) is 13.0. The number of amides is 1. The van der Waals surface area contributed by atoms with Crippen molar-refractivity contribution in [3.05, 3.63) is 34.1 Å². The average Bonchev–Trinajstić information content (AvgIpc) is 2.38. The molecule has 4 nitrogen and oxygen atoms in total. The number of nitrogens with zero attached hydrogens (tertiary/aromatic N) is 2. The number of piperidine rings is 1. The van der Waals surface area contributed by atoms with E-state index in [1.165, 1.54) is 18.2 Å². The molecule has 2 rings (SSSR count). The summed E-state index contributed by atoms with van der Waals surface area (Å²) in [4.78, 5) is 13.9. The highest BCUT2D eigenvalue weighted by atomic mass is 79.9. The Labute approximate surface area is 112 Å². The van der Waals surface area contributed by atoms with Gasteiger partial charge in [-0.25, -0.2) is 4.39 Å². The molecule has 1 N–H and O–H groups in total. The first-order chi connectivity index (χ1) is 8.61. The predicted octanol–water partition coefficient (Wildman–Crippen LogP) is 2.65. The van der Waals surface area contributed by atoms with E-state index in [0.29, 0.717) is 41.7 Å². The molecule has 0 saturated carbocycles. The van der Waals surface area contributed by atoms with Crippen molar-refractivity contribution < 1.29 is 14.4 Å². The van der Waals surface area contributed by atoms with Crippen LogP contribution in [0.3, 0.4) is 0 Å². The SMILES string of the molecule is O=C(c1ccc(F)cc1Br)N1CCC(=NO)CC1. The summed E-state index contributed by atoms with van der Waals surface area (Å²) in [6.07, 6.45) is 1.14. The molecule has 1 saturated heterocycles. The van der Waals surface area contributed by atoms with E-state index in [2.05, 4.69) is 21.1 Å². The molecule has 1 aliphatic heterocycles. The van der Waals surface area contributed by atoms with Crippen LogP contribution in [0.1, 0.15) is 23.2 Å². The molecule has 0 atom stereocenters. The van der Waals surface area contributed by atoms with Gasteiger partial charge in [0.05, 0.1) is 11.3 Å². The van der Waals surface area contributed by atoms with Gasteiger partial charge in [-0.05, 0) is 34.1 Å². The smallest absolute Gasteiger partial charge is 0.255 e. The van der Waals surface area contributed by atoms with Crippen LogP contribution in [-0.4, -0.2) is 34.8 Å². The molecule has 0 bridgehead atoms. The number of benzene rings is 1. The van der Waals surface area contributed by atoms with E-state index in [1.807, 2.05) is 0 Å². The molecule has 0 unspecified atom stereocenters. The minimum Gasteiger partial charge on any atom is -0.411 e. The van der Waals surface area contributed by atoms with Crippen LogP contribution in [0.2, 0.25) is 0 Å². The Hall–Kier alpha value is -1.43. The highest BCUT2D eigenvalue weighted by molar-refractivity contribution is 9.10. The highest BCUT2D eigenvalue weighted by Crippen LogP contribution is 2.21. The van der Waals surface area contributed by atoms with Crippen molar-refractivity contribution >= 4 is 27.5 Å². The number of hydrogen-bond acceptors (Lipinski definition) is 3. The van der Waals surface area contributed by atoms with Crippen molar-refractivity contribution in [2.75, 3.05) is 13.1 Å². The topological polar surface area (TPSA) is 52.9 Å². The monoisotopic (exact) mass is 314 g/mol. The van der Waals surface area contributed by atoms with Crippen molar-refractivity contribution in [2.24, 2.45) is 5.16 Å². The second-order valence-corrected chi connectivity index (χ2v) is 4.94. The number of carbonyl (C=O) groups excluding carboxylic acids is 1. The van der Waals surface area contributed by atoms with Crippen LogP contribution in [0, 0.1) is 5.82 Å². The molecule has 0 aliphatic carbocycles. The number of oxime groups is 1. The van der Waals surface area contributed by atoms with E-state index in [9.17, 15) is 9.18 Å². The molecule has 0 spiro atoms. The molecule has 1 aromatic carbocycles. The fraction of sp³-hybridized carbons (Fsp3) is 0.333. The summed E-state index contributed by atoms with van der Waals surface area (Å²) in [7, 11) is 0. The van der Waals surface area contributed by atoms with Crippen LogP contribution < -0.4 is 0 Å². The lowest BCUT2D eigenvalue weighted by molar-refractivity contribution is 0.0753. The standard InChI is InChI=1S/C12H12BrFN2O2/c13-11-7-8(14)1-2-10(11)12(17)16-5-3-9(15-18)4-6-16/h1-2,7,18H,3-6H2. The maximum atomic E-state index is 13.0. The van der Waals surface area contributed by atoms with Gasteiger partial charge < -0.3 is 10.1 Å². The quantitative estimate of drug-likeness (QED) is 0.640. The van der Waals surface area contributed by atoms with E-state index in [-0.39, 0.29) is 11.7 Å². The zero-order chi connectivity index (χ0) is 13.1. The van der Waals surface area contributed by atoms with Gasteiger partial charge in [0.1, 0.15) is 5.82 Å². The number of likely N-dealkylation sites (tertiary alicyclic amines) is 1. The van der Waals surface area contributed by atoms with Gasteiger partial charge in [0.25, 0.3) is 5.91 Å². The molecular weight excluding hydrogens is 303 g/mol. The molecule has 1 amide bonds. The largest absolute Gasteiger partial charge is 0.411 e. The summed E-state index contributed by atoms with van der Waals surface area (Å²) in [6.45, 7) is 1.03. The van der Waals surface area contributed by atoms with Gasteiger partial charge in [-0.15, -0.1) is 0 Å². The molecule has 18 heavy (non-hydrogen) atoms. The molecule has 0 aromatic heterocycles. The maximum Gasteiger partial charge on any atom is 0.255 e. The lowest BCUT2D eigenvalue weighted by Crippen LogP contribution is -2.38. The molecule has 1 aromatic rings. The summed E-state index contributed by atoms with van der Waals surface area (Å²) in [6, 6.07) is 4.01. The number of hydrogen-bond donors (Lipinski definition) is 1. The first-order valence-electron chi connectivity index (χ1n) is 5.56. The fourth-order valence-corrected chi connectivity index (χ4v) is 2.42. The van der Waals surface area contributed by atoms with Crippen molar-refractivity contribution in [3.8, 4) is 0 Å². The maximum absolute atomic E-state index is 13.0. The zero-order valence-corrected chi connectivity index (χ0v) is 11.2. The van der Waals surface area contributed by atoms with E-state index in [1.54, 1.807) is 4.90 Å². The van der Waals surface area contributed by atoms with E-state index >= 15 is 0 Å². The van der Waals surface area contributed by atoms with Crippen molar-refractivity contribution in [2.45, 2.75) is 12.8 Å². The normalized spacial score (nSPS) is 15.7. The van der Waals surface area contributed by atoms with Gasteiger partial charge in [-0.3, -0.25) is 4.79 Å². The van der Waals surface area contributed by atoms with E-state index < -0.39 is 0 Å². The van der Waals surface area contributed by atoms with E-state index in [4.69, 9.17) is 5.21 Å². The van der Waals surface area contributed by atoms with Gasteiger partial charge in [0.2, 0.25) is 0 Å². The van der Waals surface area contributed by atoms with Gasteiger partial charge in [0.15, 0.2) is 0 Å². The van der Waals surface area contributed by atoms with Crippen molar-refractivity contribution in [1.82, 2.24) is 4.90 Å². The van der Waals surface area contributed by atoms with Crippen molar-refractivity contribution in [1.29, 1.82) is 0 Å². The van der Waals surface area contributed by atoms with Crippen LogP contribution in [0.15, 0.2) is 27.8 Å². The number of halogens is 2. The third kappa shape index (κ3) is 2.69. The summed E-state index contributed by atoms with van der Waals surface area (Å²) >= 11 is 3.19. The fourth-order valence-electron chi connectivity index (χ4n) is 1.90. The van der Waals surface area contributed by atoms with E-state index in [0.717, 1.165) is 0 Å². The average molecular weight is 315 g/mol. The zero-order valence-electron chi connectivity index (χ0n) is 9.57. The van der Waals surface area contributed by atoms with Crippen LogP contribution in [0.4, 0.5) is 4.39 Å². The lowest BCUT2D eigenvalue weighted by Gasteiger charge is -2.27. The Balaban J connectivity index is 2.12. The molecular formula is C12H12BrFN2O2. The second kappa shape index (κ2) is 5.48. The van der Waals surface area contributed by atoms with Crippen molar-refractivity contribution in [3.63, 3.8) is 0 Å². The molecule has 0 radical (unpaired) electrons. The number of carbonyl (C=O) groups is 1. The summed E-state index contributed by atoms with van der Waals surface area (Å²) < 4.78 is 13.4. The molecule has 1 aliphatic rings. The first-order valence-corrected chi connectivity index (χ1v) is 6.35. The van der Waals surface area contributed by atoms with Gasteiger partial charge in [-0.1, -0.05) is 5.16 Å². The van der Waals surface area contributed by atoms with Crippen LogP contribution in [-0.2, 0) is 0 Å². The number of rotatable bonds is 1. The lowest BCUT2D eigenvalue weighted by atomic mass is 10.1. The summed E-state index contributed by atoms with van der Waals surface area (Å²) in [5, 5.41) is 11.8. The predicted molar refractivity (Wildman–Crippen MR) is 68.5 cm³/mol. The Morgan fingerprint density at radius 3 is 2.61 bits per heavy atom. The molecule has 96 valence electrons. The van der Waals surface area contributed by atoms with Gasteiger partial charge in [0, 0.05) is 30.4 Å². The Kier molecular flexibility index (Phi) is 3.96. The summed E-state index contributed by atoms with van der Waals surface area (Å²) in [5.41, 5.74) is 1.15. The van der Waals surface area contributed by atoms with Crippen LogP contribution in [0.25, 0.3) is 0 Å². The third-order valence-electron chi connectivity index (χ3n) is 2.93. The third-order valence-corrected chi connectivity index (χ3v) is 3.59. The Bertz CT molecular complexity index is 495. The van der Waals surface area contributed by atoms with Crippen LogP contribution >= 0.6 is 15.9 Å². The Morgan fingerprint density at radius 2 is 2.06 bits per heavy atom. The van der Waals surface area contributed by atoms with Crippen LogP contribution in [0.5, 0.6) is 0 Å².